The predicted octanol–water partition coefficient (Wildman–Crippen LogP) is 6.14. The molecular weight excluding hydrogens is 404 g/mol. The van der Waals surface area contributed by atoms with Crippen LogP contribution >= 0.6 is 11.3 Å². The van der Waals surface area contributed by atoms with Gasteiger partial charge in [-0.1, -0.05) is 39.0 Å². The van der Waals surface area contributed by atoms with E-state index in [1.807, 2.05) is 24.3 Å². The quantitative estimate of drug-likeness (QED) is 0.505. The Labute approximate surface area is 188 Å². The van der Waals surface area contributed by atoms with Crippen molar-refractivity contribution in [2.75, 3.05) is 18.4 Å². The fraction of sp³-hybridized carbons (Fsp3) is 0.440. The summed E-state index contributed by atoms with van der Waals surface area (Å²) in [7, 11) is 0. The number of ether oxygens (including phenoxy) is 1. The molecule has 1 aliphatic carbocycles. The average Bonchev–Trinajstić information content (AvgIpc) is 3.46. The summed E-state index contributed by atoms with van der Waals surface area (Å²) in [6, 6.07) is 12.1. The lowest BCUT2D eigenvalue weighted by Crippen LogP contribution is -2.31. The van der Waals surface area contributed by atoms with E-state index >= 15 is 0 Å². The lowest BCUT2D eigenvalue weighted by Gasteiger charge is -2.25. The second-order valence-corrected chi connectivity index (χ2v) is 10.7. The van der Waals surface area contributed by atoms with Gasteiger partial charge in [0.2, 0.25) is 5.88 Å². The number of nitrogens with zero attached hydrogens (tertiary/aromatic N) is 3. The molecule has 31 heavy (non-hydrogen) atoms. The molecule has 0 unspecified atom stereocenters. The molecule has 1 aromatic carbocycles. The molecule has 0 saturated heterocycles. The number of rotatable bonds is 6. The van der Waals surface area contributed by atoms with Crippen molar-refractivity contribution in [1.82, 2.24) is 14.9 Å². The van der Waals surface area contributed by atoms with E-state index in [2.05, 4.69) is 48.1 Å². The molecular formula is C25H30N4OS. The summed E-state index contributed by atoms with van der Waals surface area (Å²) in [5.41, 5.74) is 3.22. The van der Waals surface area contributed by atoms with E-state index in [0.717, 1.165) is 47.6 Å². The molecule has 0 spiro atoms. The van der Waals surface area contributed by atoms with Crippen molar-refractivity contribution in [2.24, 2.45) is 5.92 Å². The van der Waals surface area contributed by atoms with Crippen molar-refractivity contribution in [1.29, 1.82) is 0 Å². The molecule has 0 atom stereocenters. The molecule has 3 heterocycles. The minimum atomic E-state index is -0.0142. The molecule has 2 aliphatic rings. The lowest BCUT2D eigenvalue weighted by atomic mass is 9.86. The maximum Gasteiger partial charge on any atom is 0.243 e. The van der Waals surface area contributed by atoms with Gasteiger partial charge in [0, 0.05) is 42.7 Å². The first kappa shape index (κ1) is 20.5. The molecule has 0 bridgehead atoms. The summed E-state index contributed by atoms with van der Waals surface area (Å²) in [5, 5.41) is 4.39. The van der Waals surface area contributed by atoms with Crippen molar-refractivity contribution < 1.29 is 4.74 Å². The largest absolute Gasteiger partial charge is 0.437 e. The maximum absolute atomic E-state index is 6.30. The van der Waals surface area contributed by atoms with Crippen LogP contribution < -0.4 is 10.1 Å². The van der Waals surface area contributed by atoms with Gasteiger partial charge in [-0.2, -0.15) is 0 Å². The Morgan fingerprint density at radius 1 is 1.16 bits per heavy atom. The zero-order chi connectivity index (χ0) is 21.4. The Kier molecular flexibility index (Phi) is 5.44. The number of para-hydroxylation sites is 1. The zero-order valence-corrected chi connectivity index (χ0v) is 19.3. The van der Waals surface area contributed by atoms with Crippen LogP contribution in [0.1, 0.15) is 49.7 Å². The lowest BCUT2D eigenvalue weighted by molar-refractivity contribution is 0.245. The monoisotopic (exact) mass is 434 g/mol. The first-order valence-electron chi connectivity index (χ1n) is 11.2. The minimum Gasteiger partial charge on any atom is -0.437 e. The third-order valence-electron chi connectivity index (χ3n) is 5.94. The van der Waals surface area contributed by atoms with E-state index in [1.54, 1.807) is 17.5 Å². The van der Waals surface area contributed by atoms with Gasteiger partial charge in [-0.05, 0) is 42.4 Å². The van der Waals surface area contributed by atoms with Crippen LogP contribution in [-0.2, 0) is 18.4 Å². The molecule has 1 saturated carbocycles. The number of nitrogens with one attached hydrogen (secondary N) is 1. The topological polar surface area (TPSA) is 50.3 Å². The highest BCUT2D eigenvalue weighted by Crippen LogP contribution is 2.38. The smallest absolute Gasteiger partial charge is 0.243 e. The fourth-order valence-electron chi connectivity index (χ4n) is 4.09. The van der Waals surface area contributed by atoms with Gasteiger partial charge in [0.25, 0.3) is 0 Å². The van der Waals surface area contributed by atoms with Crippen LogP contribution in [0.5, 0.6) is 11.6 Å². The van der Waals surface area contributed by atoms with E-state index in [4.69, 9.17) is 9.72 Å². The van der Waals surface area contributed by atoms with Gasteiger partial charge in [0.15, 0.2) is 5.13 Å². The molecule has 5 rings (SSSR count). The van der Waals surface area contributed by atoms with Gasteiger partial charge < -0.3 is 10.1 Å². The van der Waals surface area contributed by atoms with Gasteiger partial charge >= 0.3 is 0 Å². The van der Waals surface area contributed by atoms with Crippen LogP contribution in [0.25, 0.3) is 0 Å². The van der Waals surface area contributed by atoms with Crippen molar-refractivity contribution in [3.05, 3.63) is 58.7 Å². The Morgan fingerprint density at radius 3 is 2.81 bits per heavy atom. The van der Waals surface area contributed by atoms with Gasteiger partial charge in [0.05, 0.1) is 5.69 Å². The molecule has 3 aromatic rings. The summed E-state index contributed by atoms with van der Waals surface area (Å²) >= 11 is 1.76. The van der Waals surface area contributed by atoms with Gasteiger partial charge in [0.1, 0.15) is 11.4 Å². The van der Waals surface area contributed by atoms with E-state index in [9.17, 15) is 0 Å². The fourth-order valence-corrected chi connectivity index (χ4v) is 5.15. The molecule has 1 aliphatic heterocycles. The highest BCUT2D eigenvalue weighted by atomic mass is 32.1. The normalized spacial score (nSPS) is 16.7. The standard InChI is InChI=1S/C25H30N4OS/c1-25(2,3)18-7-4-5-9-21(18)30-23-20(8-6-13-26-23)28-24-27-19-12-14-29(15-17-10-11-17)16-22(19)31-24/h4-9,13,17H,10-12,14-16H2,1-3H3,(H,27,28). The second kappa shape index (κ2) is 8.24. The zero-order valence-electron chi connectivity index (χ0n) is 18.5. The molecule has 1 N–H and O–H groups in total. The van der Waals surface area contributed by atoms with Gasteiger partial charge in [-0.15, -0.1) is 11.3 Å². The number of fused-ring (bicyclic) bond motifs is 1. The maximum atomic E-state index is 6.30. The van der Waals surface area contributed by atoms with E-state index < -0.39 is 0 Å². The van der Waals surface area contributed by atoms with Crippen LogP contribution in [0.3, 0.4) is 0 Å². The second-order valence-electron chi connectivity index (χ2n) is 9.65. The summed E-state index contributed by atoms with van der Waals surface area (Å²) < 4.78 is 6.30. The van der Waals surface area contributed by atoms with Crippen molar-refractivity contribution in [3.8, 4) is 11.6 Å². The van der Waals surface area contributed by atoms with Gasteiger partial charge in [-0.25, -0.2) is 9.97 Å². The summed E-state index contributed by atoms with van der Waals surface area (Å²) in [6.45, 7) is 9.98. The highest BCUT2D eigenvalue weighted by molar-refractivity contribution is 7.15. The molecule has 6 heteroatoms. The highest BCUT2D eigenvalue weighted by Gasteiger charge is 2.28. The number of benzene rings is 1. The van der Waals surface area contributed by atoms with Crippen molar-refractivity contribution in [2.45, 2.75) is 52.0 Å². The summed E-state index contributed by atoms with van der Waals surface area (Å²) in [6.07, 6.45) is 5.61. The number of hydrogen-bond acceptors (Lipinski definition) is 6. The Morgan fingerprint density at radius 2 is 2.00 bits per heavy atom. The number of thiazole rings is 1. The Hall–Kier alpha value is -2.44. The van der Waals surface area contributed by atoms with Gasteiger partial charge in [-0.3, -0.25) is 4.90 Å². The molecule has 1 fully saturated rings. The first-order valence-corrected chi connectivity index (χ1v) is 12.0. The average molecular weight is 435 g/mol. The van der Waals surface area contributed by atoms with Crippen LogP contribution in [0.15, 0.2) is 42.6 Å². The summed E-state index contributed by atoms with van der Waals surface area (Å²) in [4.78, 5) is 13.4. The first-order chi connectivity index (χ1) is 15.0. The van der Waals surface area contributed by atoms with Crippen LogP contribution in [0.4, 0.5) is 10.8 Å². The third-order valence-corrected chi connectivity index (χ3v) is 6.94. The number of pyridine rings is 1. The van der Waals surface area contributed by atoms with Crippen molar-refractivity contribution >= 4 is 22.2 Å². The molecule has 2 aromatic heterocycles. The molecule has 0 radical (unpaired) electrons. The van der Waals surface area contributed by atoms with E-state index in [-0.39, 0.29) is 5.41 Å². The molecule has 162 valence electrons. The number of anilines is 2. The van der Waals surface area contributed by atoms with Crippen LogP contribution in [0, 0.1) is 5.92 Å². The van der Waals surface area contributed by atoms with Crippen LogP contribution in [-0.4, -0.2) is 28.0 Å². The third kappa shape index (κ3) is 4.75. The van der Waals surface area contributed by atoms with E-state index in [0.29, 0.717) is 5.88 Å². The minimum absolute atomic E-state index is 0.0142. The number of aromatic nitrogens is 2. The predicted molar refractivity (Wildman–Crippen MR) is 127 cm³/mol. The number of hydrogen-bond donors (Lipinski definition) is 1. The van der Waals surface area contributed by atoms with Crippen molar-refractivity contribution in [3.63, 3.8) is 0 Å². The Bertz CT molecular complexity index is 1070. The molecule has 0 amide bonds. The molecule has 5 nitrogen and oxygen atoms in total. The SMILES string of the molecule is CC(C)(C)c1ccccc1Oc1ncccc1Nc1nc2c(s1)CN(CC1CC1)CC2. The van der Waals surface area contributed by atoms with Crippen LogP contribution in [0.2, 0.25) is 0 Å². The van der Waals surface area contributed by atoms with E-state index in [1.165, 1.54) is 30.0 Å². The Balaban J connectivity index is 1.35. The summed E-state index contributed by atoms with van der Waals surface area (Å²) in [5.74, 6) is 2.34.